The molecule has 0 radical (unpaired) electrons. The molecule has 35 heavy (non-hydrogen) atoms. The van der Waals surface area contributed by atoms with Gasteiger partial charge in [0.1, 0.15) is 10.0 Å². The molecule has 4 rings (SSSR count). The Hall–Kier alpha value is -2.47. The normalized spacial score (nSPS) is 19.5. The number of thiophene rings is 1. The van der Waals surface area contributed by atoms with Crippen molar-refractivity contribution in [3.63, 3.8) is 0 Å². The van der Waals surface area contributed by atoms with Crippen LogP contribution in [0.15, 0.2) is 70.3 Å². The highest BCUT2D eigenvalue weighted by atomic mass is 32.2. The van der Waals surface area contributed by atoms with Gasteiger partial charge in [-0.3, -0.25) is 0 Å². The van der Waals surface area contributed by atoms with Gasteiger partial charge in [-0.1, -0.05) is 30.3 Å². The summed E-state index contributed by atoms with van der Waals surface area (Å²) in [5.41, 5.74) is -1.88. The van der Waals surface area contributed by atoms with Crippen LogP contribution in [0.4, 0.5) is 23.2 Å². The van der Waals surface area contributed by atoms with Gasteiger partial charge < -0.3 is 10.0 Å². The van der Waals surface area contributed by atoms with E-state index in [1.807, 2.05) is 4.90 Å². The Morgan fingerprint density at radius 1 is 1.03 bits per heavy atom. The van der Waals surface area contributed by atoms with Gasteiger partial charge in [0, 0.05) is 31.4 Å². The predicted octanol–water partition coefficient (Wildman–Crippen LogP) is 4.78. The molecule has 1 N–H and O–H groups in total. The molecule has 1 aliphatic heterocycles. The Morgan fingerprint density at radius 3 is 2.26 bits per heavy atom. The van der Waals surface area contributed by atoms with Gasteiger partial charge in [0.15, 0.2) is 5.60 Å². The van der Waals surface area contributed by atoms with Gasteiger partial charge in [0.2, 0.25) is 0 Å². The SMILES string of the molecule is C[C@@](O)(c1ccc(N2CCN(S(=O)(=O)c3cccs3)C[C@@H]2Cc2ccc(F)cc2)cc1)C(F)(F)F. The van der Waals surface area contributed by atoms with E-state index in [2.05, 4.69) is 0 Å². The third-order valence-corrected chi connectivity index (χ3v) is 9.47. The van der Waals surface area contributed by atoms with Crippen LogP contribution in [0.5, 0.6) is 0 Å². The molecule has 0 bridgehead atoms. The van der Waals surface area contributed by atoms with Crippen molar-refractivity contribution in [2.24, 2.45) is 0 Å². The second kappa shape index (κ2) is 9.53. The molecule has 2 aromatic carbocycles. The average Bonchev–Trinajstić information content (AvgIpc) is 3.36. The van der Waals surface area contributed by atoms with Crippen LogP contribution in [0.3, 0.4) is 0 Å². The second-order valence-electron chi connectivity index (χ2n) is 8.59. The van der Waals surface area contributed by atoms with E-state index in [9.17, 15) is 31.1 Å². The third kappa shape index (κ3) is 5.23. The first-order valence-electron chi connectivity index (χ1n) is 10.8. The number of aliphatic hydroxyl groups is 1. The van der Waals surface area contributed by atoms with Crippen molar-refractivity contribution in [1.82, 2.24) is 4.31 Å². The van der Waals surface area contributed by atoms with E-state index in [1.165, 1.54) is 40.7 Å². The van der Waals surface area contributed by atoms with Crippen LogP contribution in [-0.2, 0) is 22.0 Å². The maximum Gasteiger partial charge on any atom is 0.421 e. The van der Waals surface area contributed by atoms with Gasteiger partial charge in [0.25, 0.3) is 10.0 Å². The minimum absolute atomic E-state index is 0.152. The van der Waals surface area contributed by atoms with Crippen molar-refractivity contribution in [3.05, 3.63) is 83.0 Å². The predicted molar refractivity (Wildman–Crippen MR) is 126 cm³/mol. The standard InChI is InChI=1S/C24H24F4N2O3S2/c1-23(31,24(26,27)28)18-6-10-20(11-7-18)30-13-12-29(35(32,33)22-3-2-14-34-22)16-21(30)15-17-4-8-19(25)9-5-17/h2-11,14,21,31H,12-13,15-16H2,1H3/t21-,23+/m0/s1. The number of sulfonamides is 1. The highest BCUT2D eigenvalue weighted by molar-refractivity contribution is 7.91. The van der Waals surface area contributed by atoms with E-state index in [-0.39, 0.29) is 34.7 Å². The molecule has 1 saturated heterocycles. The smallest absolute Gasteiger partial charge is 0.376 e. The highest BCUT2D eigenvalue weighted by Crippen LogP contribution is 2.39. The van der Waals surface area contributed by atoms with Crippen LogP contribution in [-0.4, -0.2) is 49.7 Å². The minimum atomic E-state index is -4.83. The van der Waals surface area contributed by atoms with Gasteiger partial charge in [-0.05, 0) is 60.2 Å². The fourth-order valence-corrected chi connectivity index (χ4v) is 6.74. The molecule has 0 aliphatic carbocycles. The van der Waals surface area contributed by atoms with E-state index < -0.39 is 21.8 Å². The number of piperazine rings is 1. The minimum Gasteiger partial charge on any atom is -0.376 e. The van der Waals surface area contributed by atoms with E-state index in [1.54, 1.807) is 29.6 Å². The average molecular weight is 529 g/mol. The quantitative estimate of drug-likeness (QED) is 0.468. The molecule has 11 heteroatoms. The number of hydrogen-bond donors (Lipinski definition) is 1. The number of rotatable bonds is 6. The van der Waals surface area contributed by atoms with Gasteiger partial charge in [0.05, 0.1) is 0 Å². The summed E-state index contributed by atoms with van der Waals surface area (Å²) in [4.78, 5) is 1.94. The Balaban J connectivity index is 1.63. The molecule has 0 spiro atoms. The lowest BCUT2D eigenvalue weighted by molar-refractivity contribution is -0.258. The zero-order chi connectivity index (χ0) is 25.4. The topological polar surface area (TPSA) is 60.9 Å². The van der Waals surface area contributed by atoms with Crippen molar-refractivity contribution >= 4 is 27.0 Å². The van der Waals surface area contributed by atoms with Crippen LogP contribution in [0.1, 0.15) is 18.1 Å². The summed E-state index contributed by atoms with van der Waals surface area (Å²) in [6.07, 6.45) is -4.43. The number of nitrogens with zero attached hydrogens (tertiary/aromatic N) is 2. The van der Waals surface area contributed by atoms with Crippen molar-refractivity contribution in [3.8, 4) is 0 Å². The first-order valence-corrected chi connectivity index (χ1v) is 13.2. The molecule has 2 heterocycles. The summed E-state index contributed by atoms with van der Waals surface area (Å²) < 4.78 is 81.0. The fourth-order valence-electron chi connectivity index (χ4n) is 4.13. The van der Waals surface area contributed by atoms with Crippen molar-refractivity contribution in [2.75, 3.05) is 24.5 Å². The zero-order valence-corrected chi connectivity index (χ0v) is 20.4. The lowest BCUT2D eigenvalue weighted by Gasteiger charge is -2.42. The van der Waals surface area contributed by atoms with Crippen molar-refractivity contribution < 1.29 is 31.1 Å². The van der Waals surface area contributed by atoms with Crippen LogP contribution < -0.4 is 4.90 Å². The summed E-state index contributed by atoms with van der Waals surface area (Å²) in [5.74, 6) is -0.386. The maximum atomic E-state index is 13.4. The monoisotopic (exact) mass is 528 g/mol. The lowest BCUT2D eigenvalue weighted by atomic mass is 9.94. The molecule has 188 valence electrons. The Bertz CT molecular complexity index is 1240. The molecule has 0 saturated carbocycles. The van der Waals surface area contributed by atoms with Crippen LogP contribution in [0, 0.1) is 5.82 Å². The van der Waals surface area contributed by atoms with Gasteiger partial charge >= 0.3 is 6.18 Å². The van der Waals surface area contributed by atoms with E-state index in [0.717, 1.165) is 16.9 Å². The Morgan fingerprint density at radius 2 is 1.69 bits per heavy atom. The van der Waals surface area contributed by atoms with Gasteiger partial charge in [-0.15, -0.1) is 11.3 Å². The molecule has 0 unspecified atom stereocenters. The van der Waals surface area contributed by atoms with Crippen molar-refractivity contribution in [1.29, 1.82) is 0 Å². The van der Waals surface area contributed by atoms with Gasteiger partial charge in [-0.2, -0.15) is 17.5 Å². The first-order chi connectivity index (χ1) is 16.4. The van der Waals surface area contributed by atoms with E-state index in [4.69, 9.17) is 0 Å². The highest BCUT2D eigenvalue weighted by Gasteiger charge is 2.51. The number of hydrogen-bond acceptors (Lipinski definition) is 5. The van der Waals surface area contributed by atoms with Gasteiger partial charge in [-0.25, -0.2) is 12.8 Å². The number of halogens is 4. The Labute approximate surface area is 205 Å². The van der Waals surface area contributed by atoms with E-state index >= 15 is 0 Å². The van der Waals surface area contributed by atoms with Crippen LogP contribution in [0.2, 0.25) is 0 Å². The molecule has 3 aromatic rings. The second-order valence-corrected chi connectivity index (χ2v) is 11.7. The van der Waals surface area contributed by atoms with Crippen LogP contribution in [0.25, 0.3) is 0 Å². The zero-order valence-electron chi connectivity index (χ0n) is 18.7. The van der Waals surface area contributed by atoms with Crippen molar-refractivity contribution in [2.45, 2.75) is 35.4 Å². The molecule has 1 fully saturated rings. The number of alkyl halides is 3. The molecule has 1 aromatic heterocycles. The lowest BCUT2D eigenvalue weighted by Crippen LogP contribution is -2.55. The van der Waals surface area contributed by atoms with E-state index in [0.29, 0.717) is 25.6 Å². The summed E-state index contributed by atoms with van der Waals surface area (Å²) >= 11 is 1.13. The molecule has 0 amide bonds. The molecular weight excluding hydrogens is 504 g/mol. The molecular formula is C24H24F4N2O3S2. The molecule has 1 aliphatic rings. The summed E-state index contributed by atoms with van der Waals surface area (Å²) in [5, 5.41) is 11.7. The fraction of sp³-hybridized carbons (Fsp3) is 0.333. The maximum absolute atomic E-state index is 13.4. The summed E-state index contributed by atoms with van der Waals surface area (Å²) in [7, 11) is -3.69. The largest absolute Gasteiger partial charge is 0.421 e. The molecule has 2 atom stereocenters. The third-order valence-electron chi connectivity index (χ3n) is 6.23. The summed E-state index contributed by atoms with van der Waals surface area (Å²) in [6, 6.07) is 14.2. The Kier molecular flexibility index (Phi) is 6.98. The van der Waals surface area contributed by atoms with Crippen LogP contribution >= 0.6 is 11.3 Å². The molecule has 5 nitrogen and oxygen atoms in total. The number of benzene rings is 2. The summed E-state index contributed by atoms with van der Waals surface area (Å²) in [6.45, 7) is 1.36. The number of anilines is 1. The first kappa shape index (κ1) is 25.6.